The second-order valence-electron chi connectivity index (χ2n) is 5.69. The molecule has 27 heavy (non-hydrogen) atoms. The fraction of sp³-hybridized carbons (Fsp3) is 0.0455. The van der Waals surface area contributed by atoms with Gasteiger partial charge in [-0.25, -0.2) is 4.79 Å². The highest BCUT2D eigenvalue weighted by Gasteiger charge is 2.02. The van der Waals surface area contributed by atoms with E-state index in [1.165, 1.54) is 6.08 Å². The van der Waals surface area contributed by atoms with Crippen molar-refractivity contribution >= 4 is 20.1 Å². The van der Waals surface area contributed by atoms with E-state index in [2.05, 4.69) is 4.65 Å². The smallest absolute Gasteiger partial charge is 0.374 e. The molecular formula is C22H17BO4. The predicted molar refractivity (Wildman–Crippen MR) is 106 cm³/mol. The molecule has 0 atom stereocenters. The van der Waals surface area contributed by atoms with Crippen LogP contribution in [0.15, 0.2) is 78.9 Å². The number of carbonyl (C=O) groups is 1. The number of rotatable bonds is 6. The summed E-state index contributed by atoms with van der Waals surface area (Å²) in [6.07, 6.45) is 3.10. The molecule has 3 aromatic rings. The third kappa shape index (κ3) is 5.01. The lowest BCUT2D eigenvalue weighted by atomic mass is 10.0. The van der Waals surface area contributed by atoms with Gasteiger partial charge in [0.2, 0.25) is 0 Å². The SMILES string of the molecule is [B]Oc1ccc(-c2ccc(/C=C/C(=O)Oc3ccc(OC)cc3)cc2)cc1. The molecule has 0 spiro atoms. The average molecular weight is 356 g/mol. The molecule has 0 saturated heterocycles. The summed E-state index contributed by atoms with van der Waals surface area (Å²) >= 11 is 0. The Morgan fingerprint density at radius 2 is 1.30 bits per heavy atom. The van der Waals surface area contributed by atoms with Gasteiger partial charge in [0.05, 0.1) is 12.9 Å². The fourth-order valence-electron chi connectivity index (χ4n) is 2.47. The van der Waals surface area contributed by atoms with Crippen LogP contribution in [-0.4, -0.2) is 21.1 Å². The lowest BCUT2D eigenvalue weighted by Crippen LogP contribution is -2.03. The molecule has 0 aliphatic rings. The van der Waals surface area contributed by atoms with Crippen LogP contribution in [0.1, 0.15) is 5.56 Å². The minimum Gasteiger partial charge on any atom is -0.568 e. The van der Waals surface area contributed by atoms with Crippen LogP contribution in [0.2, 0.25) is 0 Å². The van der Waals surface area contributed by atoms with Crippen molar-refractivity contribution in [1.29, 1.82) is 0 Å². The molecule has 0 N–H and O–H groups in total. The van der Waals surface area contributed by atoms with Gasteiger partial charge in [-0.05, 0) is 59.2 Å². The Kier molecular flexibility index (Phi) is 5.95. The standard InChI is InChI=1S/C22H17BO4/c1-25-19-11-13-20(14-12-19)26-22(24)15-4-16-2-5-17(6-3-16)18-7-9-21(27-23)10-8-18/h2-15H,1H3/b15-4+. The summed E-state index contributed by atoms with van der Waals surface area (Å²) < 4.78 is 15.0. The summed E-state index contributed by atoms with van der Waals surface area (Å²) in [7, 11) is 6.71. The molecule has 0 aromatic heterocycles. The van der Waals surface area contributed by atoms with E-state index < -0.39 is 5.97 Å². The fourth-order valence-corrected chi connectivity index (χ4v) is 2.47. The highest BCUT2D eigenvalue weighted by molar-refractivity contribution is 6.00. The lowest BCUT2D eigenvalue weighted by molar-refractivity contribution is -0.128. The predicted octanol–water partition coefficient (Wildman–Crippen LogP) is 4.44. The normalized spacial score (nSPS) is 10.6. The van der Waals surface area contributed by atoms with Crippen LogP contribution in [0, 0.1) is 0 Å². The van der Waals surface area contributed by atoms with Crippen LogP contribution in [-0.2, 0) is 4.79 Å². The maximum atomic E-state index is 11.9. The van der Waals surface area contributed by atoms with Gasteiger partial charge in [0.15, 0.2) is 0 Å². The van der Waals surface area contributed by atoms with Crippen molar-refractivity contribution in [2.24, 2.45) is 0 Å². The first-order valence-electron chi connectivity index (χ1n) is 8.29. The first kappa shape index (κ1) is 18.3. The van der Waals surface area contributed by atoms with Gasteiger partial charge in [0.25, 0.3) is 0 Å². The molecule has 0 heterocycles. The van der Waals surface area contributed by atoms with E-state index in [-0.39, 0.29) is 0 Å². The topological polar surface area (TPSA) is 44.8 Å². The van der Waals surface area contributed by atoms with Crippen molar-refractivity contribution in [3.63, 3.8) is 0 Å². The number of carbonyl (C=O) groups excluding carboxylic acids is 1. The number of ether oxygens (including phenoxy) is 2. The van der Waals surface area contributed by atoms with Gasteiger partial charge in [0.1, 0.15) is 11.5 Å². The summed E-state index contributed by atoms with van der Waals surface area (Å²) in [5.41, 5.74) is 2.99. The third-order valence-corrected chi connectivity index (χ3v) is 3.92. The van der Waals surface area contributed by atoms with Crippen molar-refractivity contribution in [1.82, 2.24) is 0 Å². The van der Waals surface area contributed by atoms with E-state index in [0.29, 0.717) is 17.2 Å². The van der Waals surface area contributed by atoms with Crippen LogP contribution in [0.3, 0.4) is 0 Å². The molecule has 4 nitrogen and oxygen atoms in total. The molecule has 0 fully saturated rings. The number of esters is 1. The Morgan fingerprint density at radius 3 is 1.85 bits per heavy atom. The molecule has 132 valence electrons. The number of hydrogen-bond donors (Lipinski definition) is 0. The molecular weight excluding hydrogens is 339 g/mol. The summed E-state index contributed by atoms with van der Waals surface area (Å²) in [5, 5.41) is 0. The first-order chi connectivity index (χ1) is 13.2. The molecule has 0 aliphatic carbocycles. The van der Waals surface area contributed by atoms with E-state index in [4.69, 9.17) is 17.5 Å². The van der Waals surface area contributed by atoms with Crippen molar-refractivity contribution in [2.45, 2.75) is 0 Å². The van der Waals surface area contributed by atoms with Crippen molar-refractivity contribution in [3.8, 4) is 28.4 Å². The van der Waals surface area contributed by atoms with Crippen LogP contribution < -0.4 is 14.1 Å². The second kappa shape index (κ2) is 8.76. The Bertz CT molecular complexity index is 914. The Balaban J connectivity index is 1.61. The van der Waals surface area contributed by atoms with Gasteiger partial charge in [-0.1, -0.05) is 36.4 Å². The quantitative estimate of drug-likeness (QED) is 0.283. The van der Waals surface area contributed by atoms with E-state index in [1.807, 2.05) is 36.4 Å². The zero-order valence-corrected chi connectivity index (χ0v) is 14.8. The second-order valence-corrected chi connectivity index (χ2v) is 5.69. The number of methoxy groups -OCH3 is 1. The largest absolute Gasteiger partial charge is 0.568 e. The number of hydrogen-bond acceptors (Lipinski definition) is 4. The number of benzene rings is 3. The highest BCUT2D eigenvalue weighted by Crippen LogP contribution is 2.23. The Morgan fingerprint density at radius 1 is 0.778 bits per heavy atom. The zero-order chi connectivity index (χ0) is 19.1. The Hall–Kier alpha value is -3.47. The molecule has 0 amide bonds. The molecule has 3 rings (SSSR count). The molecule has 2 radical (unpaired) electrons. The van der Waals surface area contributed by atoms with Gasteiger partial charge < -0.3 is 14.1 Å². The third-order valence-electron chi connectivity index (χ3n) is 3.92. The molecule has 0 unspecified atom stereocenters. The van der Waals surface area contributed by atoms with Gasteiger partial charge in [-0.2, -0.15) is 0 Å². The minimum atomic E-state index is -0.443. The first-order valence-corrected chi connectivity index (χ1v) is 8.29. The van der Waals surface area contributed by atoms with Gasteiger partial charge in [0, 0.05) is 6.08 Å². The minimum absolute atomic E-state index is 0.443. The summed E-state index contributed by atoms with van der Waals surface area (Å²) in [4.78, 5) is 11.9. The van der Waals surface area contributed by atoms with Crippen LogP contribution in [0.4, 0.5) is 0 Å². The monoisotopic (exact) mass is 356 g/mol. The molecule has 3 aromatic carbocycles. The highest BCUT2D eigenvalue weighted by atomic mass is 16.5. The average Bonchev–Trinajstić information content (AvgIpc) is 2.73. The van der Waals surface area contributed by atoms with Crippen molar-refractivity contribution < 1.29 is 18.9 Å². The van der Waals surface area contributed by atoms with Gasteiger partial charge in [-0.3, -0.25) is 0 Å². The van der Waals surface area contributed by atoms with E-state index in [0.717, 1.165) is 16.7 Å². The lowest BCUT2D eigenvalue weighted by Gasteiger charge is -2.05. The summed E-state index contributed by atoms with van der Waals surface area (Å²) in [6.45, 7) is 0. The van der Waals surface area contributed by atoms with Crippen molar-refractivity contribution in [3.05, 3.63) is 84.4 Å². The van der Waals surface area contributed by atoms with Crippen LogP contribution >= 0.6 is 0 Å². The van der Waals surface area contributed by atoms with Crippen LogP contribution in [0.25, 0.3) is 17.2 Å². The molecule has 0 bridgehead atoms. The zero-order valence-electron chi connectivity index (χ0n) is 14.8. The Labute approximate surface area is 159 Å². The summed E-state index contributed by atoms with van der Waals surface area (Å²) in [6, 6.07) is 22.1. The van der Waals surface area contributed by atoms with E-state index >= 15 is 0 Å². The van der Waals surface area contributed by atoms with Gasteiger partial charge >= 0.3 is 14.0 Å². The van der Waals surface area contributed by atoms with Gasteiger partial charge in [-0.15, -0.1) is 0 Å². The van der Waals surface area contributed by atoms with E-state index in [1.54, 1.807) is 49.6 Å². The van der Waals surface area contributed by atoms with Crippen LogP contribution in [0.5, 0.6) is 17.2 Å². The maximum absolute atomic E-state index is 11.9. The van der Waals surface area contributed by atoms with E-state index in [9.17, 15) is 4.79 Å². The summed E-state index contributed by atoms with van der Waals surface area (Å²) in [5.74, 6) is 1.33. The maximum Gasteiger partial charge on any atom is 0.374 e. The molecule has 0 aliphatic heterocycles. The molecule has 5 heteroatoms. The van der Waals surface area contributed by atoms with Crippen molar-refractivity contribution in [2.75, 3.05) is 7.11 Å². The molecule has 0 saturated carbocycles.